The summed E-state index contributed by atoms with van der Waals surface area (Å²) in [5.41, 5.74) is 3.85. The number of aryl methyl sites for hydroxylation is 2. The molecule has 3 amide bonds. The summed E-state index contributed by atoms with van der Waals surface area (Å²) in [6, 6.07) is 10.1. The summed E-state index contributed by atoms with van der Waals surface area (Å²) < 4.78 is 42.7. The Bertz CT molecular complexity index is 1860. The summed E-state index contributed by atoms with van der Waals surface area (Å²) in [5.74, 6) is -0.878. The van der Waals surface area contributed by atoms with E-state index in [1.54, 1.807) is 30.3 Å². The Kier molecular flexibility index (Phi) is 21.3. The third-order valence-corrected chi connectivity index (χ3v) is 29.0. The molecule has 5 N–H and O–H groups in total. The topological polar surface area (TPSA) is 221 Å². The minimum absolute atomic E-state index is 0.00325. The molecule has 0 spiro atoms. The molecule has 0 heterocycles. The van der Waals surface area contributed by atoms with E-state index in [1.807, 2.05) is 98.5 Å². The number of aliphatic hydroxyl groups excluding tert-OH is 3. The number of carbonyl (C=O) groups excluding carboxylic acids is 4. The molecule has 0 fully saturated rings. The smallest absolute Gasteiger partial charge is 0.411 e. The van der Waals surface area contributed by atoms with Crippen molar-refractivity contribution in [3.63, 3.8) is 0 Å². The Morgan fingerprint density at radius 2 is 0.905 bits per heavy atom. The lowest BCUT2D eigenvalue weighted by atomic mass is 10.1. The Morgan fingerprint density at radius 3 is 1.29 bits per heavy atom. The average Bonchev–Trinajstić information content (AvgIpc) is 3.13. The van der Waals surface area contributed by atoms with Crippen LogP contribution in [0.5, 0.6) is 0 Å². The van der Waals surface area contributed by atoms with Gasteiger partial charge in [-0.3, -0.25) is 14.9 Å². The number of aliphatic hydroxyl groups is 3. The van der Waals surface area contributed by atoms with Gasteiger partial charge in [0.2, 0.25) is 33.3 Å². The molecule has 23 heteroatoms. The van der Waals surface area contributed by atoms with Gasteiger partial charge in [0.1, 0.15) is 18.7 Å². The molecule has 0 aliphatic carbocycles. The minimum atomic E-state index is -2.81. The fourth-order valence-electron chi connectivity index (χ4n) is 6.73. The Morgan fingerprint density at radius 1 is 0.540 bits per heavy atom. The third-order valence-electron chi connectivity index (χ3n) is 8.99. The van der Waals surface area contributed by atoms with Crippen LogP contribution in [-0.4, -0.2) is 146 Å². The number of nitrogens with zero attached hydrogens (tertiary/aromatic N) is 1. The molecule has 0 saturated carbocycles. The van der Waals surface area contributed by atoms with Gasteiger partial charge in [-0.05, 0) is 127 Å². The zero-order chi connectivity index (χ0) is 48.0. The van der Waals surface area contributed by atoms with Crippen LogP contribution in [0.3, 0.4) is 0 Å². The van der Waals surface area contributed by atoms with Crippen LogP contribution in [0.1, 0.15) is 22.3 Å². The van der Waals surface area contributed by atoms with Crippen molar-refractivity contribution < 1.29 is 65.2 Å². The van der Waals surface area contributed by atoms with E-state index in [1.165, 1.54) is 4.90 Å². The molecular formula is C40H73N3O14Si6. The maximum Gasteiger partial charge on any atom is 0.411 e. The normalized spacial score (nSPS) is 12.7. The number of hydrogen-bond acceptors (Lipinski definition) is 14. The highest BCUT2D eigenvalue weighted by molar-refractivity contribution is 6.88. The van der Waals surface area contributed by atoms with Gasteiger partial charge in [0.15, 0.2) is 0 Å². The van der Waals surface area contributed by atoms with Crippen LogP contribution >= 0.6 is 0 Å². The van der Waals surface area contributed by atoms with Gasteiger partial charge < -0.3 is 56.2 Å². The van der Waals surface area contributed by atoms with E-state index in [0.29, 0.717) is 22.5 Å². The maximum absolute atomic E-state index is 13.0. The number of carbonyl (C=O) groups is 4. The number of benzene rings is 2. The van der Waals surface area contributed by atoms with Crippen molar-refractivity contribution in [1.29, 1.82) is 0 Å². The van der Waals surface area contributed by atoms with Gasteiger partial charge in [0.25, 0.3) is 0 Å². The molecule has 2 aromatic rings. The number of nitrogens with one attached hydrogen (secondary N) is 2. The zero-order valence-corrected chi connectivity index (χ0v) is 45.8. The van der Waals surface area contributed by atoms with Crippen LogP contribution in [0.25, 0.3) is 0 Å². The Balaban J connectivity index is 1.90. The minimum Gasteiger partial charge on any atom is -0.466 e. The van der Waals surface area contributed by atoms with Crippen molar-refractivity contribution in [2.75, 3.05) is 61.9 Å². The second-order valence-corrected chi connectivity index (χ2v) is 43.1. The van der Waals surface area contributed by atoms with Crippen molar-refractivity contribution in [2.45, 2.75) is 105 Å². The predicted octanol–water partition coefficient (Wildman–Crippen LogP) is 5.98. The Hall–Kier alpha value is -3.06. The predicted molar refractivity (Wildman–Crippen MR) is 258 cm³/mol. The molecule has 17 nitrogen and oxygen atoms in total. The summed E-state index contributed by atoms with van der Waals surface area (Å²) in [7, 11) is -15.3. The molecule has 2 aromatic carbocycles. The summed E-state index contributed by atoms with van der Waals surface area (Å²) in [6.07, 6.45) is -0.415. The van der Waals surface area contributed by atoms with Gasteiger partial charge in [-0.2, -0.15) is 0 Å². The average molecular weight is 989 g/mol. The van der Waals surface area contributed by atoms with E-state index >= 15 is 0 Å². The molecule has 0 radical (unpaired) electrons. The van der Waals surface area contributed by atoms with Crippen molar-refractivity contribution in [3.05, 3.63) is 58.7 Å². The van der Waals surface area contributed by atoms with Crippen molar-refractivity contribution in [1.82, 2.24) is 4.90 Å². The van der Waals surface area contributed by atoms with Crippen molar-refractivity contribution >= 4 is 85.8 Å². The SMILES string of the molecule is Cc1ccc(CC(=O)OC[Si](C)(C)O[Si](C)(C)O[Si](C)(C)CO)cc1NC(=O)OC[Si](C)(C)O[Si](C)(C)O[Si](C)(C)COC(=O)Cc1ccc(C)c(NC(=O)N(CCO)CCO)c1. The van der Waals surface area contributed by atoms with E-state index in [2.05, 4.69) is 10.6 Å². The van der Waals surface area contributed by atoms with Gasteiger partial charge in [-0.1, -0.05) is 24.3 Å². The quantitative estimate of drug-likeness (QED) is 0.0439. The number of rotatable bonds is 25. The molecule has 0 saturated heterocycles. The molecule has 2 rings (SSSR count). The highest BCUT2D eigenvalue weighted by Crippen LogP contribution is 2.25. The zero-order valence-electron chi connectivity index (χ0n) is 39.8. The van der Waals surface area contributed by atoms with E-state index in [0.717, 1.165) is 11.1 Å². The summed E-state index contributed by atoms with van der Waals surface area (Å²) in [4.78, 5) is 52.9. The summed E-state index contributed by atoms with van der Waals surface area (Å²) in [6.45, 7) is 26.6. The number of anilines is 2. The molecule has 0 unspecified atom stereocenters. The van der Waals surface area contributed by atoms with E-state index in [-0.39, 0.29) is 64.1 Å². The van der Waals surface area contributed by atoms with Crippen LogP contribution in [0.15, 0.2) is 36.4 Å². The van der Waals surface area contributed by atoms with E-state index in [9.17, 15) is 34.5 Å². The molecule has 0 aromatic heterocycles. The maximum atomic E-state index is 13.0. The molecule has 63 heavy (non-hydrogen) atoms. The van der Waals surface area contributed by atoms with Gasteiger partial charge in [-0.25, -0.2) is 9.59 Å². The summed E-state index contributed by atoms with van der Waals surface area (Å²) >= 11 is 0. The van der Waals surface area contributed by atoms with Gasteiger partial charge >= 0.3 is 41.2 Å². The number of ether oxygens (including phenoxy) is 3. The van der Waals surface area contributed by atoms with Crippen molar-refractivity contribution in [2.24, 2.45) is 0 Å². The van der Waals surface area contributed by atoms with Crippen LogP contribution in [-0.2, 0) is 53.1 Å². The number of amides is 3. The molecule has 0 aliphatic heterocycles. The van der Waals surface area contributed by atoms with Crippen LogP contribution in [0.4, 0.5) is 21.0 Å². The first-order valence-corrected chi connectivity index (χ1v) is 39.1. The third kappa shape index (κ3) is 21.7. The molecule has 356 valence electrons. The van der Waals surface area contributed by atoms with E-state index < -0.39 is 74.5 Å². The number of urea groups is 1. The molecule has 0 bridgehead atoms. The monoisotopic (exact) mass is 987 g/mol. The fraction of sp³-hybridized carbons (Fsp3) is 0.600. The summed E-state index contributed by atoms with van der Waals surface area (Å²) in [5, 5.41) is 33.8. The highest BCUT2D eigenvalue weighted by Gasteiger charge is 2.42. The standard InChI is InChI=1S/C40H73N3O14Si6/c1-31-15-17-33(23-35(31)41-39(49)43(19-21-44)20-22-45)25-37(47)52-29-60(7,8)56-63(13,14)57-61(9,10)30-53-40(50)42-36-24-34(18-16-32(36)2)26-38(48)51-28-59(5,6)55-62(11,12)54-58(3,4)27-46/h15-18,23-24,44-46H,19-22,25-30H2,1-14H3,(H,41,49)(H,42,50). The van der Waals surface area contributed by atoms with Crippen LogP contribution in [0, 0.1) is 13.8 Å². The number of hydrogen-bond donors (Lipinski definition) is 5. The first kappa shape index (κ1) is 56.1. The van der Waals surface area contributed by atoms with Crippen LogP contribution in [0.2, 0.25) is 78.6 Å². The molecular weight excluding hydrogens is 915 g/mol. The first-order chi connectivity index (χ1) is 28.9. The lowest BCUT2D eigenvalue weighted by Gasteiger charge is -2.38. The van der Waals surface area contributed by atoms with Crippen LogP contribution < -0.4 is 10.6 Å². The van der Waals surface area contributed by atoms with Gasteiger partial charge in [-0.15, -0.1) is 0 Å². The van der Waals surface area contributed by atoms with Gasteiger partial charge in [0.05, 0.1) is 32.3 Å². The Labute approximate surface area is 380 Å². The fourth-order valence-corrected chi connectivity index (χ4v) is 31.6. The second-order valence-electron chi connectivity index (χ2n) is 18.9. The number of esters is 2. The molecule has 0 aliphatic rings. The molecule has 0 atom stereocenters. The lowest BCUT2D eigenvalue weighted by Crippen LogP contribution is -2.55. The first-order valence-electron chi connectivity index (χ1n) is 21.0. The van der Waals surface area contributed by atoms with E-state index in [4.69, 9.17) is 30.7 Å². The highest BCUT2D eigenvalue weighted by atomic mass is 28.5. The van der Waals surface area contributed by atoms with Crippen molar-refractivity contribution in [3.8, 4) is 0 Å². The second kappa shape index (κ2) is 23.9. The van der Waals surface area contributed by atoms with Gasteiger partial charge in [0, 0.05) is 24.5 Å². The lowest BCUT2D eigenvalue weighted by molar-refractivity contribution is -0.142. The largest absolute Gasteiger partial charge is 0.466 e.